The molecule has 2 aromatic rings. The molecule has 19 heavy (non-hydrogen) atoms. The second-order valence-corrected chi connectivity index (χ2v) is 3.93. The minimum atomic E-state index is -0.320. The van der Waals surface area contributed by atoms with Gasteiger partial charge in [-0.1, -0.05) is 24.3 Å². The molecule has 1 amide bonds. The van der Waals surface area contributed by atoms with Crippen molar-refractivity contribution < 1.29 is 9.18 Å². The number of benzene rings is 1. The van der Waals surface area contributed by atoms with E-state index in [-0.39, 0.29) is 18.3 Å². The van der Waals surface area contributed by atoms with Crippen molar-refractivity contribution in [1.29, 1.82) is 0 Å². The third-order valence-electron chi connectivity index (χ3n) is 2.52. The number of hydrogen-bond donors (Lipinski definition) is 1. The van der Waals surface area contributed by atoms with E-state index in [1.54, 1.807) is 42.7 Å². The van der Waals surface area contributed by atoms with Crippen molar-refractivity contribution in [3.05, 3.63) is 71.8 Å². The topological polar surface area (TPSA) is 42.0 Å². The summed E-state index contributed by atoms with van der Waals surface area (Å²) in [7, 11) is 0. The molecule has 0 aliphatic rings. The second kappa shape index (κ2) is 6.44. The molecule has 3 nitrogen and oxygen atoms in total. The predicted molar refractivity (Wildman–Crippen MR) is 71.5 cm³/mol. The molecule has 96 valence electrons. The summed E-state index contributed by atoms with van der Waals surface area (Å²) in [5.41, 5.74) is 1.30. The molecule has 2 rings (SSSR count). The SMILES string of the molecule is O=C(/C=C/c1cccnc1)NCc1ccccc1F. The lowest BCUT2D eigenvalue weighted by molar-refractivity contribution is -0.116. The monoisotopic (exact) mass is 256 g/mol. The Labute approximate surface area is 110 Å². The van der Waals surface area contributed by atoms with E-state index < -0.39 is 0 Å². The second-order valence-electron chi connectivity index (χ2n) is 3.93. The van der Waals surface area contributed by atoms with E-state index in [0.717, 1.165) is 5.56 Å². The van der Waals surface area contributed by atoms with E-state index in [0.29, 0.717) is 5.56 Å². The molecule has 1 N–H and O–H groups in total. The van der Waals surface area contributed by atoms with Crippen LogP contribution >= 0.6 is 0 Å². The van der Waals surface area contributed by atoms with Crippen LogP contribution in [0.4, 0.5) is 4.39 Å². The van der Waals surface area contributed by atoms with Crippen LogP contribution < -0.4 is 5.32 Å². The van der Waals surface area contributed by atoms with Gasteiger partial charge in [0.2, 0.25) is 5.91 Å². The van der Waals surface area contributed by atoms with Gasteiger partial charge in [0.25, 0.3) is 0 Å². The Kier molecular flexibility index (Phi) is 4.39. The van der Waals surface area contributed by atoms with Crippen molar-refractivity contribution in [3.8, 4) is 0 Å². The molecular formula is C15H13FN2O. The standard InChI is InChI=1S/C15H13FN2O/c16-14-6-2-1-5-13(14)11-18-15(19)8-7-12-4-3-9-17-10-12/h1-10H,11H2,(H,18,19)/b8-7+. The first-order valence-corrected chi connectivity index (χ1v) is 5.85. The number of carbonyl (C=O) groups is 1. The van der Waals surface area contributed by atoms with Gasteiger partial charge in [0, 0.05) is 30.6 Å². The zero-order valence-electron chi connectivity index (χ0n) is 10.2. The molecule has 4 heteroatoms. The predicted octanol–water partition coefficient (Wildman–Crippen LogP) is 2.55. The zero-order valence-corrected chi connectivity index (χ0v) is 10.2. The molecule has 0 aliphatic heterocycles. The third kappa shape index (κ3) is 4.03. The van der Waals surface area contributed by atoms with E-state index in [1.807, 2.05) is 6.07 Å². The Hall–Kier alpha value is -2.49. The summed E-state index contributed by atoms with van der Waals surface area (Å²) in [4.78, 5) is 15.5. The van der Waals surface area contributed by atoms with Gasteiger partial charge in [-0.2, -0.15) is 0 Å². The minimum Gasteiger partial charge on any atom is -0.348 e. The van der Waals surface area contributed by atoms with Crippen LogP contribution in [0.5, 0.6) is 0 Å². The van der Waals surface area contributed by atoms with E-state index in [1.165, 1.54) is 12.1 Å². The van der Waals surface area contributed by atoms with Crippen molar-refractivity contribution in [2.75, 3.05) is 0 Å². The van der Waals surface area contributed by atoms with Crippen LogP contribution in [0, 0.1) is 5.82 Å². The highest BCUT2D eigenvalue weighted by atomic mass is 19.1. The maximum atomic E-state index is 13.3. The number of aromatic nitrogens is 1. The highest BCUT2D eigenvalue weighted by Crippen LogP contribution is 2.05. The highest BCUT2D eigenvalue weighted by Gasteiger charge is 2.01. The molecule has 0 saturated heterocycles. The lowest BCUT2D eigenvalue weighted by Gasteiger charge is -2.03. The Morgan fingerprint density at radius 1 is 1.26 bits per heavy atom. The Morgan fingerprint density at radius 3 is 2.84 bits per heavy atom. The summed E-state index contributed by atoms with van der Waals surface area (Å²) in [6.07, 6.45) is 6.37. The quantitative estimate of drug-likeness (QED) is 0.854. The zero-order chi connectivity index (χ0) is 13.5. The van der Waals surface area contributed by atoms with E-state index >= 15 is 0 Å². The van der Waals surface area contributed by atoms with E-state index in [4.69, 9.17) is 0 Å². The van der Waals surface area contributed by atoms with Crippen LogP contribution in [0.3, 0.4) is 0 Å². The first-order valence-electron chi connectivity index (χ1n) is 5.85. The average molecular weight is 256 g/mol. The fourth-order valence-electron chi connectivity index (χ4n) is 1.53. The lowest BCUT2D eigenvalue weighted by atomic mass is 10.2. The van der Waals surface area contributed by atoms with Gasteiger partial charge in [-0.3, -0.25) is 9.78 Å². The number of hydrogen-bond acceptors (Lipinski definition) is 2. The van der Waals surface area contributed by atoms with Crippen LogP contribution in [0.2, 0.25) is 0 Å². The number of rotatable bonds is 4. The molecule has 0 saturated carbocycles. The molecule has 0 unspecified atom stereocenters. The Bertz CT molecular complexity index is 582. The van der Waals surface area contributed by atoms with Gasteiger partial charge in [-0.15, -0.1) is 0 Å². The normalized spacial score (nSPS) is 10.6. The molecule has 0 aliphatic carbocycles. The van der Waals surface area contributed by atoms with Crippen molar-refractivity contribution >= 4 is 12.0 Å². The van der Waals surface area contributed by atoms with Crippen LogP contribution in [0.15, 0.2) is 54.9 Å². The number of amides is 1. The summed E-state index contributed by atoms with van der Waals surface area (Å²) in [6.45, 7) is 0.170. The molecule has 0 fully saturated rings. The minimum absolute atomic E-state index is 0.170. The molecule has 0 bridgehead atoms. The van der Waals surface area contributed by atoms with Crippen LogP contribution in [0.1, 0.15) is 11.1 Å². The fourth-order valence-corrected chi connectivity index (χ4v) is 1.53. The number of halogens is 1. The number of carbonyl (C=O) groups excluding carboxylic acids is 1. The smallest absolute Gasteiger partial charge is 0.244 e. The van der Waals surface area contributed by atoms with Gasteiger partial charge in [0.1, 0.15) is 5.82 Å². The van der Waals surface area contributed by atoms with Gasteiger partial charge in [-0.25, -0.2) is 4.39 Å². The van der Waals surface area contributed by atoms with Gasteiger partial charge >= 0.3 is 0 Å². The van der Waals surface area contributed by atoms with Crippen LogP contribution in [-0.2, 0) is 11.3 Å². The number of nitrogens with one attached hydrogen (secondary N) is 1. The van der Waals surface area contributed by atoms with Gasteiger partial charge in [0.05, 0.1) is 0 Å². The van der Waals surface area contributed by atoms with Crippen LogP contribution in [-0.4, -0.2) is 10.9 Å². The maximum Gasteiger partial charge on any atom is 0.244 e. The van der Waals surface area contributed by atoms with Gasteiger partial charge in [-0.05, 0) is 23.8 Å². The van der Waals surface area contributed by atoms with Crippen LogP contribution in [0.25, 0.3) is 6.08 Å². The molecule has 1 aromatic carbocycles. The summed E-state index contributed by atoms with van der Waals surface area (Å²) in [6, 6.07) is 9.98. The lowest BCUT2D eigenvalue weighted by Crippen LogP contribution is -2.20. The average Bonchev–Trinajstić information content (AvgIpc) is 2.45. The Balaban J connectivity index is 1.89. The molecule has 1 heterocycles. The largest absolute Gasteiger partial charge is 0.348 e. The van der Waals surface area contributed by atoms with Gasteiger partial charge in [0.15, 0.2) is 0 Å². The summed E-state index contributed by atoms with van der Waals surface area (Å²) in [5.74, 6) is -0.592. The maximum absolute atomic E-state index is 13.3. The number of nitrogens with zero attached hydrogens (tertiary/aromatic N) is 1. The van der Waals surface area contributed by atoms with Gasteiger partial charge < -0.3 is 5.32 Å². The van der Waals surface area contributed by atoms with Crippen molar-refractivity contribution in [1.82, 2.24) is 10.3 Å². The third-order valence-corrected chi connectivity index (χ3v) is 2.52. The van der Waals surface area contributed by atoms with Crippen molar-refractivity contribution in [3.63, 3.8) is 0 Å². The molecular weight excluding hydrogens is 243 g/mol. The first kappa shape index (κ1) is 13.0. The van der Waals surface area contributed by atoms with Crippen molar-refractivity contribution in [2.24, 2.45) is 0 Å². The molecule has 0 radical (unpaired) electrons. The first-order chi connectivity index (χ1) is 9.25. The summed E-state index contributed by atoms with van der Waals surface area (Å²) < 4.78 is 13.3. The summed E-state index contributed by atoms with van der Waals surface area (Å²) >= 11 is 0. The van der Waals surface area contributed by atoms with E-state index in [9.17, 15) is 9.18 Å². The molecule has 0 spiro atoms. The molecule has 0 atom stereocenters. The van der Waals surface area contributed by atoms with Crippen molar-refractivity contribution in [2.45, 2.75) is 6.54 Å². The fraction of sp³-hybridized carbons (Fsp3) is 0.0667. The Morgan fingerprint density at radius 2 is 2.11 bits per heavy atom. The number of pyridine rings is 1. The highest BCUT2D eigenvalue weighted by molar-refractivity contribution is 5.91. The summed E-state index contributed by atoms with van der Waals surface area (Å²) in [5, 5.41) is 2.62. The molecule has 1 aromatic heterocycles. The van der Waals surface area contributed by atoms with E-state index in [2.05, 4.69) is 10.3 Å².